The van der Waals surface area contributed by atoms with E-state index >= 15 is 0 Å². The fourth-order valence-electron chi connectivity index (χ4n) is 1.33. The molecule has 0 radical (unpaired) electrons. The molecule has 3 nitrogen and oxygen atoms in total. The van der Waals surface area contributed by atoms with Gasteiger partial charge in [-0.15, -0.1) is 0 Å². The molecular formula is C13H14BrNO2. The van der Waals surface area contributed by atoms with E-state index in [4.69, 9.17) is 15.7 Å². The molecule has 0 spiro atoms. The molecule has 1 aromatic heterocycles. The summed E-state index contributed by atoms with van der Waals surface area (Å²) < 4.78 is 66.3. The lowest BCUT2D eigenvalue weighted by atomic mass is 10.2. The zero-order valence-electron chi connectivity index (χ0n) is 16.6. The molecule has 4 heteroatoms. The van der Waals surface area contributed by atoms with Crippen LogP contribution in [-0.4, -0.2) is 16.8 Å². The van der Waals surface area contributed by atoms with Crippen LogP contribution in [0.2, 0.25) is 0 Å². The zero-order chi connectivity index (χ0) is 19.3. The van der Waals surface area contributed by atoms with Crippen LogP contribution in [0.5, 0.6) is 5.75 Å². The molecule has 0 bridgehead atoms. The predicted molar refractivity (Wildman–Crippen MR) is 73.1 cm³/mol. The van der Waals surface area contributed by atoms with Gasteiger partial charge in [0.1, 0.15) is 5.75 Å². The molecule has 1 heterocycles. The number of alkyl halides is 1. The Morgan fingerprint density at radius 1 is 1.29 bits per heavy atom. The van der Waals surface area contributed by atoms with Crippen LogP contribution in [0, 0.1) is 0 Å². The van der Waals surface area contributed by atoms with Crippen molar-refractivity contribution in [3.8, 4) is 5.75 Å². The maximum absolute atomic E-state index is 11.4. The van der Waals surface area contributed by atoms with Crippen LogP contribution in [0.4, 0.5) is 0 Å². The average Bonchev–Trinajstić information content (AvgIpc) is 2.44. The highest BCUT2D eigenvalue weighted by molar-refractivity contribution is 9.09. The number of hydrogen-bond acceptors (Lipinski definition) is 2. The minimum absolute atomic E-state index is 0.144. The van der Waals surface area contributed by atoms with E-state index in [0.717, 1.165) is 0 Å². The normalized spacial score (nSPS) is 21.0. The summed E-state index contributed by atoms with van der Waals surface area (Å²) in [7, 11) is 0. The Balaban J connectivity index is 2.42. The van der Waals surface area contributed by atoms with E-state index in [0.29, 0.717) is 10.9 Å². The second-order valence-corrected chi connectivity index (χ2v) is 3.52. The predicted octanol–water partition coefficient (Wildman–Crippen LogP) is 3.08. The van der Waals surface area contributed by atoms with Crippen LogP contribution in [0.3, 0.4) is 0 Å². The van der Waals surface area contributed by atoms with E-state index in [9.17, 15) is 4.79 Å². The summed E-state index contributed by atoms with van der Waals surface area (Å²) in [5, 5.41) is -2.20. The van der Waals surface area contributed by atoms with Gasteiger partial charge in [0.15, 0.2) is 0 Å². The third-order valence-electron chi connectivity index (χ3n) is 2.03. The van der Waals surface area contributed by atoms with Gasteiger partial charge in [-0.25, -0.2) is 0 Å². The van der Waals surface area contributed by atoms with Crippen molar-refractivity contribution >= 4 is 26.8 Å². The zero-order valence-corrected chi connectivity index (χ0v) is 10.2. The van der Waals surface area contributed by atoms with Crippen molar-refractivity contribution in [1.82, 2.24) is 4.98 Å². The summed E-state index contributed by atoms with van der Waals surface area (Å²) in [5.74, 6) is -0.144. The maximum Gasteiger partial charge on any atom is 0.248 e. The third kappa shape index (κ3) is 3.33. The Hall–Kier alpha value is -1.29. The van der Waals surface area contributed by atoms with Crippen LogP contribution in [0.25, 0.3) is 10.9 Å². The average molecular weight is 304 g/mol. The Morgan fingerprint density at radius 3 is 2.94 bits per heavy atom. The smallest absolute Gasteiger partial charge is 0.248 e. The Bertz CT molecular complexity index is 846. The van der Waals surface area contributed by atoms with Crippen molar-refractivity contribution < 1.29 is 15.7 Å². The van der Waals surface area contributed by atoms with Gasteiger partial charge in [-0.1, -0.05) is 15.9 Å². The highest BCUT2D eigenvalue weighted by Gasteiger charge is 1.98. The first-order chi connectivity index (χ1) is 11.2. The van der Waals surface area contributed by atoms with Gasteiger partial charge >= 0.3 is 0 Å². The topological polar surface area (TPSA) is 42.1 Å². The number of aromatic amines is 1. The molecule has 0 amide bonds. The molecule has 0 unspecified atom stereocenters. The summed E-state index contributed by atoms with van der Waals surface area (Å²) in [6.07, 6.45) is -6.61. The second kappa shape index (κ2) is 5.87. The molecule has 0 saturated heterocycles. The quantitative estimate of drug-likeness (QED) is 0.863. The Morgan fingerprint density at radius 2 is 2.12 bits per heavy atom. The van der Waals surface area contributed by atoms with Crippen molar-refractivity contribution in [3.05, 3.63) is 40.7 Å². The van der Waals surface area contributed by atoms with Crippen molar-refractivity contribution in [3.63, 3.8) is 0 Å². The number of aromatic nitrogens is 1. The van der Waals surface area contributed by atoms with Gasteiger partial charge in [0, 0.05) is 25.6 Å². The van der Waals surface area contributed by atoms with Crippen molar-refractivity contribution in [1.29, 1.82) is 0 Å². The van der Waals surface area contributed by atoms with Gasteiger partial charge < -0.3 is 9.72 Å². The number of halogens is 1. The number of nitrogens with one attached hydrogen (secondary N) is 1. The third-order valence-corrected chi connectivity index (χ3v) is 2.22. The van der Waals surface area contributed by atoms with E-state index in [1.807, 2.05) is 0 Å². The Labute approximate surface area is 119 Å². The molecule has 2 aromatic rings. The lowest BCUT2D eigenvalue weighted by molar-refractivity contribution is 0.310. The highest BCUT2D eigenvalue weighted by atomic mass is 79.9. The summed E-state index contributed by atoms with van der Waals surface area (Å²) >= 11 is 2.41. The largest absolute Gasteiger partial charge is 0.494 e. The van der Waals surface area contributed by atoms with E-state index < -0.39 is 24.6 Å². The first-order valence-electron chi connectivity index (χ1n) is 8.70. The molecule has 1 N–H and O–H groups in total. The molecule has 17 heavy (non-hydrogen) atoms. The standard InChI is InChI=1S/C13H14BrNO2/c14-7-1-2-8-17-11-5-3-10-4-6-13(16)15-12(10)9-11/h3-6,9H,1-2,7-8H2,(H,15,16)/i1D2,2D2,7D2,8D2. The molecule has 0 aliphatic heterocycles. The molecule has 90 valence electrons. The van der Waals surface area contributed by atoms with Gasteiger partial charge in [-0.3, -0.25) is 4.79 Å². The second-order valence-electron chi connectivity index (χ2n) is 3.12. The lowest BCUT2D eigenvalue weighted by Gasteiger charge is -2.06. The van der Waals surface area contributed by atoms with Crippen molar-refractivity contribution in [2.75, 3.05) is 11.8 Å². The number of fused-ring (bicyclic) bond motifs is 1. The van der Waals surface area contributed by atoms with E-state index in [-0.39, 0.29) is 11.3 Å². The van der Waals surface area contributed by atoms with Gasteiger partial charge in [0.2, 0.25) is 5.56 Å². The van der Waals surface area contributed by atoms with Crippen LogP contribution in [-0.2, 0) is 0 Å². The summed E-state index contributed by atoms with van der Waals surface area (Å²) in [6.45, 7) is -3.21. The maximum atomic E-state index is 11.4. The molecule has 0 aliphatic carbocycles. The van der Waals surface area contributed by atoms with E-state index in [1.54, 1.807) is 6.07 Å². The van der Waals surface area contributed by atoms with Gasteiger partial charge in [0.25, 0.3) is 0 Å². The Kier molecular flexibility index (Phi) is 1.92. The number of ether oxygens (including phenoxy) is 1. The van der Waals surface area contributed by atoms with Gasteiger partial charge in [-0.2, -0.15) is 0 Å². The number of pyridine rings is 1. The highest BCUT2D eigenvalue weighted by Crippen LogP contribution is 2.18. The summed E-state index contributed by atoms with van der Waals surface area (Å²) in [4.78, 5) is 13.9. The molecular weight excluding hydrogens is 282 g/mol. The molecule has 1 aromatic carbocycles. The lowest BCUT2D eigenvalue weighted by Crippen LogP contribution is -2.03. The first kappa shape index (κ1) is 5.57. The minimum atomic E-state index is -3.36. The number of rotatable bonds is 5. The van der Waals surface area contributed by atoms with Gasteiger partial charge in [-0.05, 0) is 36.3 Å². The minimum Gasteiger partial charge on any atom is -0.494 e. The first-order valence-corrected chi connectivity index (χ1v) is 5.49. The number of hydrogen-bond donors (Lipinski definition) is 1. The molecule has 2 rings (SSSR count). The molecule has 0 atom stereocenters. The SMILES string of the molecule is [2H]C([2H])(Br)C([2H])([2H])C([2H])([2H])C([2H])([2H])Oc1ccc2ccc(=O)[nH]c2c1. The van der Waals surface area contributed by atoms with Crippen LogP contribution in [0.15, 0.2) is 35.1 Å². The summed E-state index contributed by atoms with van der Waals surface area (Å²) in [6, 6.07) is 7.00. The summed E-state index contributed by atoms with van der Waals surface area (Å²) in [5.41, 5.74) is -0.0491. The van der Waals surface area contributed by atoms with E-state index in [1.165, 1.54) is 24.3 Å². The number of benzene rings is 1. The molecule has 0 aliphatic rings. The fourth-order valence-corrected chi connectivity index (χ4v) is 1.43. The van der Waals surface area contributed by atoms with E-state index in [2.05, 4.69) is 20.9 Å². The van der Waals surface area contributed by atoms with Crippen LogP contribution >= 0.6 is 15.9 Å². The molecule has 0 saturated carbocycles. The van der Waals surface area contributed by atoms with Crippen LogP contribution in [0.1, 0.15) is 23.7 Å². The fraction of sp³-hybridized carbons (Fsp3) is 0.308. The molecule has 0 fully saturated rings. The van der Waals surface area contributed by atoms with Crippen molar-refractivity contribution in [2.24, 2.45) is 0 Å². The number of H-pyrrole nitrogens is 1. The van der Waals surface area contributed by atoms with Gasteiger partial charge in [0.05, 0.1) is 14.8 Å². The van der Waals surface area contributed by atoms with Crippen molar-refractivity contribution in [2.45, 2.75) is 12.7 Å². The van der Waals surface area contributed by atoms with Crippen LogP contribution < -0.4 is 10.3 Å². The monoisotopic (exact) mass is 303 g/mol.